The van der Waals surface area contributed by atoms with Gasteiger partial charge in [0.25, 0.3) is 0 Å². The SMILES string of the molecule is O=S([O-])C(F)(F)C(F)(F)C(F)(F)C(F)(F)C(F)(F)S(=O)[O-]. The van der Waals surface area contributed by atoms with Crippen LogP contribution in [-0.4, -0.2) is 45.8 Å². The summed E-state index contributed by atoms with van der Waals surface area (Å²) in [4.78, 5) is 0. The highest BCUT2D eigenvalue weighted by Gasteiger charge is 2.87. The van der Waals surface area contributed by atoms with E-state index in [1.165, 1.54) is 0 Å². The van der Waals surface area contributed by atoms with Gasteiger partial charge in [-0.05, 0) is 0 Å². The third-order valence-electron chi connectivity index (χ3n) is 1.94. The Balaban J connectivity index is 6.21. The van der Waals surface area contributed by atoms with Crippen molar-refractivity contribution in [3.63, 3.8) is 0 Å². The summed E-state index contributed by atoms with van der Waals surface area (Å²) in [5.74, 6) is -22.8. The van der Waals surface area contributed by atoms with Gasteiger partial charge in [-0.25, -0.2) is 0 Å². The molecule has 0 fully saturated rings. The van der Waals surface area contributed by atoms with Crippen LogP contribution in [-0.2, 0) is 22.2 Å². The Hall–Kier alpha value is -0.480. The van der Waals surface area contributed by atoms with E-state index in [1.807, 2.05) is 0 Å². The smallest absolute Gasteiger partial charge is 0.389 e. The Kier molecular flexibility index (Phi) is 5.19. The van der Waals surface area contributed by atoms with E-state index in [9.17, 15) is 61.4 Å². The molecule has 0 aliphatic heterocycles. The second-order valence-corrected chi connectivity index (χ2v) is 5.19. The van der Waals surface area contributed by atoms with Crippen molar-refractivity contribution < 1.29 is 61.4 Å². The lowest BCUT2D eigenvalue weighted by Gasteiger charge is -2.39. The first-order chi connectivity index (χ1) is 8.89. The minimum atomic E-state index is -7.73. The Morgan fingerprint density at radius 3 is 0.857 bits per heavy atom. The predicted molar refractivity (Wildman–Crippen MR) is 42.6 cm³/mol. The standard InChI is InChI=1S/C5H2F10O4S2/c6-1(7,2(8,9)4(12,13)20(16)17)3(10,11)5(14,15)21(18)19/h(H,16,17)(H,18,19)/p-2. The van der Waals surface area contributed by atoms with Gasteiger partial charge in [-0.3, -0.25) is 8.42 Å². The summed E-state index contributed by atoms with van der Waals surface area (Å²) in [6.07, 6.45) is 0. The molecule has 4 nitrogen and oxygen atoms in total. The first kappa shape index (κ1) is 20.5. The zero-order valence-electron chi connectivity index (χ0n) is 8.73. The van der Waals surface area contributed by atoms with E-state index < -0.39 is 50.4 Å². The molecule has 0 aromatic heterocycles. The van der Waals surface area contributed by atoms with Gasteiger partial charge in [0.15, 0.2) is 0 Å². The van der Waals surface area contributed by atoms with E-state index in [1.54, 1.807) is 0 Å². The van der Waals surface area contributed by atoms with E-state index in [2.05, 4.69) is 0 Å². The molecule has 0 rings (SSSR count). The molecule has 0 aliphatic carbocycles. The molecule has 2 unspecified atom stereocenters. The van der Waals surface area contributed by atoms with Crippen LogP contribution >= 0.6 is 0 Å². The minimum absolute atomic E-state index is 5.41. The molecule has 0 aromatic rings. The van der Waals surface area contributed by atoms with Crippen LogP contribution in [0.2, 0.25) is 0 Å². The van der Waals surface area contributed by atoms with E-state index in [0.29, 0.717) is 0 Å². The number of alkyl halides is 10. The zero-order chi connectivity index (χ0) is 17.7. The maximum absolute atomic E-state index is 12.7. The normalized spacial score (nSPS) is 18.5. The summed E-state index contributed by atoms with van der Waals surface area (Å²) < 4.78 is 164. The molecule has 0 saturated heterocycles. The molecule has 2 atom stereocenters. The molecule has 128 valence electrons. The first-order valence-electron chi connectivity index (χ1n) is 3.96. The van der Waals surface area contributed by atoms with Crippen molar-refractivity contribution in [2.75, 3.05) is 0 Å². The van der Waals surface area contributed by atoms with Crippen molar-refractivity contribution in [1.29, 1.82) is 0 Å². The fraction of sp³-hybridized carbons (Fsp3) is 1.00. The lowest BCUT2D eigenvalue weighted by molar-refractivity contribution is -0.375. The van der Waals surface area contributed by atoms with Crippen molar-refractivity contribution in [3.05, 3.63) is 0 Å². The van der Waals surface area contributed by atoms with Crippen molar-refractivity contribution in [1.82, 2.24) is 0 Å². The average Bonchev–Trinajstić information content (AvgIpc) is 2.27. The quantitative estimate of drug-likeness (QED) is 0.522. The highest BCUT2D eigenvalue weighted by Crippen LogP contribution is 2.57. The first-order valence-corrected chi connectivity index (χ1v) is 6.11. The van der Waals surface area contributed by atoms with Crippen LogP contribution in [0.4, 0.5) is 43.9 Å². The number of rotatable bonds is 6. The average molecular weight is 378 g/mol. The highest BCUT2D eigenvalue weighted by molar-refractivity contribution is 7.80. The molecule has 21 heavy (non-hydrogen) atoms. The van der Waals surface area contributed by atoms with Crippen LogP contribution in [0.5, 0.6) is 0 Å². The molecule has 0 radical (unpaired) electrons. The van der Waals surface area contributed by atoms with Crippen LogP contribution < -0.4 is 0 Å². The molecule has 0 N–H and O–H groups in total. The van der Waals surface area contributed by atoms with Gasteiger partial charge in [0, 0.05) is 22.2 Å². The topological polar surface area (TPSA) is 80.3 Å². The summed E-state index contributed by atoms with van der Waals surface area (Å²) >= 11 is -10.8. The van der Waals surface area contributed by atoms with Crippen molar-refractivity contribution in [2.45, 2.75) is 28.3 Å². The van der Waals surface area contributed by atoms with Gasteiger partial charge in [0.1, 0.15) is 0 Å². The monoisotopic (exact) mass is 378 g/mol. The predicted octanol–water partition coefficient (Wildman–Crippen LogP) is 1.84. The van der Waals surface area contributed by atoms with Crippen LogP contribution in [0.15, 0.2) is 0 Å². The Bertz CT molecular complexity index is 422. The molecule has 0 bridgehead atoms. The van der Waals surface area contributed by atoms with E-state index in [-0.39, 0.29) is 0 Å². The summed E-state index contributed by atoms with van der Waals surface area (Å²) in [6, 6.07) is 0. The highest BCUT2D eigenvalue weighted by atomic mass is 32.2. The molecule has 0 spiro atoms. The molecule has 0 aliphatic rings. The van der Waals surface area contributed by atoms with E-state index >= 15 is 0 Å². The molecular formula is C5F10O4S2-2. The van der Waals surface area contributed by atoms with Crippen LogP contribution in [0, 0.1) is 0 Å². The second kappa shape index (κ2) is 5.31. The molecule has 0 amide bonds. The second-order valence-electron chi connectivity index (χ2n) is 3.23. The van der Waals surface area contributed by atoms with Gasteiger partial charge in [-0.15, -0.1) is 0 Å². The molecule has 0 aromatic carbocycles. The Morgan fingerprint density at radius 1 is 0.524 bits per heavy atom. The molecule has 16 heteroatoms. The molecule has 0 saturated carbocycles. The number of hydrogen-bond acceptors (Lipinski definition) is 4. The zero-order valence-corrected chi connectivity index (χ0v) is 10.4. The maximum Gasteiger partial charge on any atom is 0.389 e. The van der Waals surface area contributed by atoms with Gasteiger partial charge in [0.05, 0.1) is 0 Å². The van der Waals surface area contributed by atoms with E-state index in [4.69, 9.17) is 0 Å². The largest absolute Gasteiger partial charge is 0.768 e. The van der Waals surface area contributed by atoms with Crippen LogP contribution in [0.3, 0.4) is 0 Å². The van der Waals surface area contributed by atoms with Gasteiger partial charge in [-0.1, -0.05) is 0 Å². The minimum Gasteiger partial charge on any atom is -0.768 e. The van der Waals surface area contributed by atoms with Crippen molar-refractivity contribution in [3.8, 4) is 0 Å². The Morgan fingerprint density at radius 2 is 0.714 bits per heavy atom. The lowest BCUT2D eigenvalue weighted by atomic mass is 10.0. The third-order valence-corrected chi connectivity index (χ3v) is 3.29. The van der Waals surface area contributed by atoms with Crippen LogP contribution in [0.1, 0.15) is 0 Å². The van der Waals surface area contributed by atoms with Gasteiger partial charge < -0.3 is 9.11 Å². The van der Waals surface area contributed by atoms with E-state index in [0.717, 1.165) is 0 Å². The summed E-state index contributed by atoms with van der Waals surface area (Å²) in [5, 5.41) is -13.8. The summed E-state index contributed by atoms with van der Waals surface area (Å²) in [6.45, 7) is 0. The van der Waals surface area contributed by atoms with Gasteiger partial charge in [0.2, 0.25) is 0 Å². The molecule has 0 heterocycles. The summed E-state index contributed by atoms with van der Waals surface area (Å²) in [7, 11) is 0. The Labute approximate surface area is 113 Å². The van der Waals surface area contributed by atoms with Crippen LogP contribution in [0.25, 0.3) is 0 Å². The maximum atomic E-state index is 12.7. The third kappa shape index (κ3) is 2.65. The lowest BCUT2D eigenvalue weighted by Crippen LogP contribution is -2.68. The van der Waals surface area contributed by atoms with Crippen molar-refractivity contribution >= 4 is 22.2 Å². The van der Waals surface area contributed by atoms with Crippen molar-refractivity contribution in [2.24, 2.45) is 0 Å². The van der Waals surface area contributed by atoms with Gasteiger partial charge >= 0.3 is 28.3 Å². The summed E-state index contributed by atoms with van der Waals surface area (Å²) in [5.41, 5.74) is 0. The molecular weight excluding hydrogens is 378 g/mol. The number of halogens is 10. The fourth-order valence-electron chi connectivity index (χ4n) is 0.772. The number of hydrogen-bond donors (Lipinski definition) is 0. The fourth-order valence-corrected chi connectivity index (χ4v) is 1.45. The van der Waals surface area contributed by atoms with Gasteiger partial charge in [-0.2, -0.15) is 43.9 Å².